The lowest BCUT2D eigenvalue weighted by Crippen LogP contribution is -2.30. The van der Waals surface area contributed by atoms with E-state index in [9.17, 15) is 18.4 Å². The molecule has 5 nitrogen and oxygen atoms in total. The first kappa shape index (κ1) is 19.8. The number of carbonyl (C=O) groups excluding carboxylic acids is 1. The predicted molar refractivity (Wildman–Crippen MR) is 103 cm³/mol. The van der Waals surface area contributed by atoms with Crippen LogP contribution in [0.5, 0.6) is 5.75 Å². The Kier molecular flexibility index (Phi) is 5.65. The van der Waals surface area contributed by atoms with Crippen molar-refractivity contribution >= 4 is 28.4 Å². The first-order valence-electron chi connectivity index (χ1n) is 8.43. The number of pyridine rings is 1. The van der Waals surface area contributed by atoms with Crippen molar-refractivity contribution in [3.63, 3.8) is 0 Å². The molecule has 3 rings (SSSR count). The van der Waals surface area contributed by atoms with Crippen LogP contribution >= 0.6 is 11.6 Å². The van der Waals surface area contributed by atoms with Gasteiger partial charge < -0.3 is 15.0 Å². The smallest absolute Gasteiger partial charge is 0.252 e. The maximum absolute atomic E-state index is 13.9. The Labute approximate surface area is 164 Å². The van der Waals surface area contributed by atoms with Crippen LogP contribution in [0.3, 0.4) is 0 Å². The lowest BCUT2D eigenvalue weighted by Gasteiger charge is -2.15. The van der Waals surface area contributed by atoms with E-state index in [1.165, 1.54) is 19.2 Å². The number of methoxy groups -OCH3 is 1. The fraction of sp³-hybridized carbons (Fsp3) is 0.200. The number of halogens is 3. The van der Waals surface area contributed by atoms with E-state index in [2.05, 4.69) is 10.3 Å². The number of hydrogen-bond donors (Lipinski definition) is 2. The van der Waals surface area contributed by atoms with Crippen molar-refractivity contribution in [2.75, 3.05) is 7.11 Å². The molecular formula is C20H17ClF2N2O3. The standard InChI is InChI=1S/C20H17ClF2N2O3/c1-10(13-4-3-12(22)9-15(13)23)24-18(26)8-11-7-14-16(25-20(11)27)5-6-17(28-2)19(14)21/h3-7,9-10H,8H2,1-2H3,(H,24,26)(H,25,27)/t10-/m0/s1. The molecule has 0 unspecified atom stereocenters. The van der Waals surface area contributed by atoms with Crippen LogP contribution in [0, 0.1) is 11.6 Å². The van der Waals surface area contributed by atoms with Crippen molar-refractivity contribution in [3.8, 4) is 5.75 Å². The average Bonchev–Trinajstić information content (AvgIpc) is 2.63. The van der Waals surface area contributed by atoms with Gasteiger partial charge in [-0.3, -0.25) is 9.59 Å². The first-order chi connectivity index (χ1) is 13.3. The molecule has 1 amide bonds. The highest BCUT2D eigenvalue weighted by Gasteiger charge is 2.17. The highest BCUT2D eigenvalue weighted by molar-refractivity contribution is 6.36. The number of aromatic amines is 1. The third-order valence-corrected chi connectivity index (χ3v) is 4.77. The minimum Gasteiger partial charge on any atom is -0.495 e. The fourth-order valence-electron chi connectivity index (χ4n) is 2.95. The van der Waals surface area contributed by atoms with Crippen LogP contribution in [0.4, 0.5) is 8.78 Å². The summed E-state index contributed by atoms with van der Waals surface area (Å²) in [6.45, 7) is 1.57. The number of carbonyl (C=O) groups is 1. The molecule has 0 fully saturated rings. The highest BCUT2D eigenvalue weighted by atomic mass is 35.5. The zero-order valence-corrected chi connectivity index (χ0v) is 15.9. The molecule has 8 heteroatoms. The normalized spacial score (nSPS) is 12.0. The number of ether oxygens (including phenoxy) is 1. The predicted octanol–water partition coefficient (Wildman–Crippen LogP) is 3.89. The molecule has 1 heterocycles. The highest BCUT2D eigenvalue weighted by Crippen LogP contribution is 2.31. The molecule has 0 aliphatic rings. The number of aromatic nitrogens is 1. The number of benzene rings is 2. The lowest BCUT2D eigenvalue weighted by molar-refractivity contribution is -0.121. The Hall–Kier alpha value is -2.93. The average molecular weight is 407 g/mol. The first-order valence-corrected chi connectivity index (χ1v) is 8.80. The van der Waals surface area contributed by atoms with Crippen molar-refractivity contribution in [2.45, 2.75) is 19.4 Å². The Balaban J connectivity index is 1.83. The Morgan fingerprint density at radius 1 is 1.25 bits per heavy atom. The summed E-state index contributed by atoms with van der Waals surface area (Å²) in [4.78, 5) is 27.3. The summed E-state index contributed by atoms with van der Waals surface area (Å²) in [6, 6.07) is 7.26. The van der Waals surface area contributed by atoms with Crippen molar-refractivity contribution in [2.24, 2.45) is 0 Å². The van der Waals surface area contributed by atoms with Crippen molar-refractivity contribution < 1.29 is 18.3 Å². The summed E-state index contributed by atoms with van der Waals surface area (Å²) in [5.74, 6) is -1.50. The Morgan fingerprint density at radius 2 is 2.00 bits per heavy atom. The van der Waals surface area contributed by atoms with E-state index in [4.69, 9.17) is 16.3 Å². The molecule has 2 N–H and O–H groups in total. The second kappa shape index (κ2) is 7.98. The monoisotopic (exact) mass is 406 g/mol. The minimum absolute atomic E-state index is 0.148. The third kappa shape index (κ3) is 3.99. The second-order valence-corrected chi connectivity index (χ2v) is 6.68. The van der Waals surface area contributed by atoms with Gasteiger partial charge in [-0.15, -0.1) is 0 Å². The van der Waals surface area contributed by atoms with Crippen molar-refractivity contribution in [1.82, 2.24) is 10.3 Å². The SMILES string of the molecule is COc1ccc2[nH]c(=O)c(CC(=O)N[C@@H](C)c3ccc(F)cc3F)cc2c1Cl. The van der Waals surface area contributed by atoms with Crippen LogP contribution in [0.2, 0.25) is 5.02 Å². The number of rotatable bonds is 5. The third-order valence-electron chi connectivity index (χ3n) is 4.38. The molecule has 3 aromatic rings. The van der Waals surface area contributed by atoms with Crippen molar-refractivity contribution in [1.29, 1.82) is 0 Å². The van der Waals surface area contributed by atoms with Gasteiger partial charge in [0.2, 0.25) is 5.91 Å². The van der Waals surface area contributed by atoms with Gasteiger partial charge in [-0.2, -0.15) is 0 Å². The molecule has 1 aromatic heterocycles. The van der Waals surface area contributed by atoms with Gasteiger partial charge in [0.05, 0.1) is 30.1 Å². The molecule has 0 aliphatic carbocycles. The van der Waals surface area contributed by atoms with Crippen molar-refractivity contribution in [3.05, 3.63) is 74.5 Å². The molecule has 0 aliphatic heterocycles. The molecule has 0 radical (unpaired) electrons. The molecular weight excluding hydrogens is 390 g/mol. The Bertz CT molecular complexity index is 1110. The van der Waals surface area contributed by atoms with Crippen LogP contribution < -0.4 is 15.6 Å². The van der Waals surface area contributed by atoms with Crippen LogP contribution in [0.1, 0.15) is 24.1 Å². The molecule has 146 valence electrons. The molecule has 0 bridgehead atoms. The van der Waals surface area contributed by atoms with E-state index in [0.717, 1.165) is 12.1 Å². The summed E-state index contributed by atoms with van der Waals surface area (Å²) in [6.07, 6.45) is -0.230. The summed E-state index contributed by atoms with van der Waals surface area (Å²) in [7, 11) is 1.48. The van der Waals surface area contributed by atoms with E-state index in [-0.39, 0.29) is 17.5 Å². The van der Waals surface area contributed by atoms with Gasteiger partial charge in [0, 0.05) is 22.6 Å². The zero-order chi connectivity index (χ0) is 20.4. The van der Waals surface area contributed by atoms with Gasteiger partial charge in [0.25, 0.3) is 5.56 Å². The summed E-state index contributed by atoms with van der Waals surface area (Å²) in [5.41, 5.74) is 0.438. The minimum atomic E-state index is -0.754. The summed E-state index contributed by atoms with van der Waals surface area (Å²) < 4.78 is 32.1. The quantitative estimate of drug-likeness (QED) is 0.675. The van der Waals surface area contributed by atoms with Crippen LogP contribution in [-0.4, -0.2) is 18.0 Å². The zero-order valence-electron chi connectivity index (χ0n) is 15.1. The van der Waals surface area contributed by atoms with E-state index < -0.39 is 29.1 Å². The molecule has 0 saturated heterocycles. The Morgan fingerprint density at radius 3 is 2.68 bits per heavy atom. The topological polar surface area (TPSA) is 71.2 Å². The molecule has 0 saturated carbocycles. The lowest BCUT2D eigenvalue weighted by atomic mass is 10.1. The molecule has 2 aromatic carbocycles. The van der Waals surface area contributed by atoms with Gasteiger partial charge in [-0.1, -0.05) is 17.7 Å². The van der Waals surface area contributed by atoms with E-state index >= 15 is 0 Å². The number of amides is 1. The van der Waals surface area contributed by atoms with Crippen LogP contribution in [0.15, 0.2) is 41.2 Å². The number of hydrogen-bond acceptors (Lipinski definition) is 3. The molecule has 0 spiro atoms. The number of H-pyrrole nitrogens is 1. The second-order valence-electron chi connectivity index (χ2n) is 6.30. The van der Waals surface area contributed by atoms with Crippen LogP contribution in [-0.2, 0) is 11.2 Å². The van der Waals surface area contributed by atoms with Gasteiger partial charge >= 0.3 is 0 Å². The fourth-order valence-corrected chi connectivity index (χ4v) is 3.25. The largest absolute Gasteiger partial charge is 0.495 e. The maximum atomic E-state index is 13.9. The van der Waals surface area contributed by atoms with Crippen LogP contribution in [0.25, 0.3) is 10.9 Å². The van der Waals surface area contributed by atoms with Gasteiger partial charge in [0.1, 0.15) is 17.4 Å². The molecule has 28 heavy (non-hydrogen) atoms. The number of fused-ring (bicyclic) bond motifs is 1. The van der Waals surface area contributed by atoms with E-state index in [0.29, 0.717) is 21.7 Å². The maximum Gasteiger partial charge on any atom is 0.252 e. The summed E-state index contributed by atoms with van der Waals surface area (Å²) >= 11 is 6.28. The van der Waals surface area contributed by atoms with Gasteiger partial charge in [0.15, 0.2) is 0 Å². The van der Waals surface area contributed by atoms with E-state index in [1.807, 2.05) is 0 Å². The summed E-state index contributed by atoms with van der Waals surface area (Å²) in [5, 5.41) is 3.47. The van der Waals surface area contributed by atoms with Gasteiger partial charge in [-0.05, 0) is 31.2 Å². The molecule has 1 atom stereocenters. The number of nitrogens with one attached hydrogen (secondary N) is 2. The van der Waals surface area contributed by atoms with Gasteiger partial charge in [-0.25, -0.2) is 8.78 Å². The van der Waals surface area contributed by atoms with E-state index in [1.54, 1.807) is 19.1 Å².